The van der Waals surface area contributed by atoms with Gasteiger partial charge in [0, 0.05) is 44.8 Å². The van der Waals surface area contributed by atoms with Crippen molar-refractivity contribution in [2.45, 2.75) is 33.2 Å². The Bertz CT molecular complexity index is 481. The van der Waals surface area contributed by atoms with Crippen LogP contribution in [0.25, 0.3) is 0 Å². The molecule has 1 aromatic rings. The van der Waals surface area contributed by atoms with Gasteiger partial charge in [-0.15, -0.1) is 0 Å². The van der Waals surface area contributed by atoms with Crippen LogP contribution in [0.3, 0.4) is 0 Å². The van der Waals surface area contributed by atoms with Crippen LogP contribution in [0.5, 0.6) is 0 Å². The zero-order chi connectivity index (χ0) is 14.7. The molecule has 1 amide bonds. The van der Waals surface area contributed by atoms with E-state index in [1.807, 2.05) is 17.9 Å². The average Bonchev–Trinajstić information content (AvgIpc) is 2.46. The molecule has 1 aliphatic heterocycles. The lowest BCUT2D eigenvalue weighted by Gasteiger charge is -2.35. The summed E-state index contributed by atoms with van der Waals surface area (Å²) < 4.78 is 0. The van der Waals surface area contributed by atoms with Crippen molar-refractivity contribution in [2.75, 3.05) is 31.1 Å². The summed E-state index contributed by atoms with van der Waals surface area (Å²) in [6, 6.07) is 4.19. The third-order valence-corrected chi connectivity index (χ3v) is 4.00. The molecule has 1 aromatic heterocycles. The van der Waals surface area contributed by atoms with E-state index in [0.29, 0.717) is 0 Å². The molecule has 1 aliphatic rings. The summed E-state index contributed by atoms with van der Waals surface area (Å²) in [5.41, 5.74) is 8.21. The Morgan fingerprint density at radius 2 is 2.00 bits per heavy atom. The van der Waals surface area contributed by atoms with E-state index in [0.717, 1.165) is 49.7 Å². The Labute approximate surface area is 120 Å². The van der Waals surface area contributed by atoms with Crippen molar-refractivity contribution in [2.24, 2.45) is 5.73 Å². The summed E-state index contributed by atoms with van der Waals surface area (Å²) in [6.45, 7) is 8.94. The van der Waals surface area contributed by atoms with Gasteiger partial charge in [0.2, 0.25) is 5.91 Å². The number of nitrogens with zero attached hydrogens (tertiary/aromatic N) is 3. The molecular formula is C15H24N4O. The molecule has 0 spiro atoms. The Kier molecular flexibility index (Phi) is 4.60. The largest absolute Gasteiger partial charge is 0.353 e. The fraction of sp³-hybridized carbons (Fsp3) is 0.600. The number of rotatable bonds is 3. The number of carbonyl (C=O) groups excluding carboxylic acids is 1. The first-order valence-corrected chi connectivity index (χ1v) is 7.26. The smallest absolute Gasteiger partial charge is 0.219 e. The highest BCUT2D eigenvalue weighted by molar-refractivity contribution is 5.73. The van der Waals surface area contributed by atoms with Gasteiger partial charge in [0.05, 0.1) is 0 Å². The summed E-state index contributed by atoms with van der Waals surface area (Å²) in [6.07, 6.45) is 0.916. The lowest BCUT2D eigenvalue weighted by atomic mass is 10.0. The van der Waals surface area contributed by atoms with E-state index in [-0.39, 0.29) is 11.9 Å². The van der Waals surface area contributed by atoms with E-state index in [4.69, 9.17) is 5.73 Å². The molecule has 1 fully saturated rings. The SMILES string of the molecule is CC[C@@H](N)c1ccc(N2CCN(C(C)=O)CC2)nc1C. The van der Waals surface area contributed by atoms with Crippen molar-refractivity contribution in [3.63, 3.8) is 0 Å². The van der Waals surface area contributed by atoms with Crippen LogP contribution in [-0.4, -0.2) is 42.0 Å². The van der Waals surface area contributed by atoms with Crippen LogP contribution in [-0.2, 0) is 4.79 Å². The monoisotopic (exact) mass is 276 g/mol. The molecule has 0 saturated carbocycles. The Morgan fingerprint density at radius 1 is 1.35 bits per heavy atom. The number of amides is 1. The van der Waals surface area contributed by atoms with Gasteiger partial charge in [-0.3, -0.25) is 4.79 Å². The molecule has 1 atom stereocenters. The molecule has 0 aromatic carbocycles. The zero-order valence-corrected chi connectivity index (χ0v) is 12.6. The first-order valence-electron chi connectivity index (χ1n) is 7.26. The second kappa shape index (κ2) is 6.22. The van der Waals surface area contributed by atoms with Gasteiger partial charge in [-0.1, -0.05) is 13.0 Å². The van der Waals surface area contributed by atoms with E-state index in [9.17, 15) is 4.79 Å². The highest BCUT2D eigenvalue weighted by Crippen LogP contribution is 2.21. The minimum Gasteiger partial charge on any atom is -0.353 e. The van der Waals surface area contributed by atoms with Gasteiger partial charge >= 0.3 is 0 Å². The minimum absolute atomic E-state index is 0.0612. The van der Waals surface area contributed by atoms with Gasteiger partial charge in [0.15, 0.2) is 0 Å². The predicted octanol–water partition coefficient (Wildman–Crippen LogP) is 1.47. The van der Waals surface area contributed by atoms with Crippen molar-refractivity contribution in [3.8, 4) is 0 Å². The average molecular weight is 276 g/mol. The highest BCUT2D eigenvalue weighted by Gasteiger charge is 2.20. The molecule has 2 heterocycles. The number of anilines is 1. The van der Waals surface area contributed by atoms with Gasteiger partial charge in [0.25, 0.3) is 0 Å². The van der Waals surface area contributed by atoms with Gasteiger partial charge in [0.1, 0.15) is 5.82 Å². The summed E-state index contributed by atoms with van der Waals surface area (Å²) in [4.78, 5) is 20.1. The molecule has 1 saturated heterocycles. The topological polar surface area (TPSA) is 62.5 Å². The molecule has 5 nitrogen and oxygen atoms in total. The molecule has 110 valence electrons. The number of aryl methyl sites for hydroxylation is 1. The first kappa shape index (κ1) is 14.8. The highest BCUT2D eigenvalue weighted by atomic mass is 16.2. The Balaban J connectivity index is 2.07. The molecular weight excluding hydrogens is 252 g/mol. The second-order valence-corrected chi connectivity index (χ2v) is 5.35. The van der Waals surface area contributed by atoms with E-state index < -0.39 is 0 Å². The van der Waals surface area contributed by atoms with Crippen LogP contribution in [0.2, 0.25) is 0 Å². The van der Waals surface area contributed by atoms with Gasteiger partial charge < -0.3 is 15.5 Å². The zero-order valence-electron chi connectivity index (χ0n) is 12.6. The van der Waals surface area contributed by atoms with Gasteiger partial charge in [-0.25, -0.2) is 4.98 Å². The predicted molar refractivity (Wildman–Crippen MR) is 80.7 cm³/mol. The lowest BCUT2D eigenvalue weighted by Crippen LogP contribution is -2.48. The molecule has 2 N–H and O–H groups in total. The third-order valence-electron chi connectivity index (χ3n) is 4.00. The number of piperazine rings is 1. The standard InChI is InChI=1S/C15H24N4O/c1-4-14(16)13-5-6-15(17-11(13)2)19-9-7-18(8-10-19)12(3)20/h5-6,14H,4,7-10,16H2,1-3H3/t14-/m1/s1. The van der Waals surface area contributed by atoms with Crippen LogP contribution < -0.4 is 10.6 Å². The Morgan fingerprint density at radius 3 is 2.50 bits per heavy atom. The van der Waals surface area contributed by atoms with E-state index >= 15 is 0 Å². The van der Waals surface area contributed by atoms with Crippen LogP contribution >= 0.6 is 0 Å². The fourth-order valence-electron chi connectivity index (χ4n) is 2.60. The summed E-state index contributed by atoms with van der Waals surface area (Å²) in [5.74, 6) is 1.14. The summed E-state index contributed by atoms with van der Waals surface area (Å²) in [7, 11) is 0. The maximum atomic E-state index is 11.3. The van der Waals surface area contributed by atoms with Crippen molar-refractivity contribution in [1.29, 1.82) is 0 Å². The lowest BCUT2D eigenvalue weighted by molar-refractivity contribution is -0.129. The van der Waals surface area contributed by atoms with Gasteiger partial charge in [-0.2, -0.15) is 0 Å². The Hall–Kier alpha value is -1.62. The van der Waals surface area contributed by atoms with Crippen molar-refractivity contribution in [3.05, 3.63) is 23.4 Å². The number of aromatic nitrogens is 1. The number of hydrogen-bond donors (Lipinski definition) is 1. The van der Waals surface area contributed by atoms with Crippen molar-refractivity contribution >= 4 is 11.7 Å². The summed E-state index contributed by atoms with van der Waals surface area (Å²) in [5, 5.41) is 0. The maximum Gasteiger partial charge on any atom is 0.219 e. The van der Waals surface area contributed by atoms with Crippen LogP contribution in [0.1, 0.15) is 37.6 Å². The number of carbonyl (C=O) groups is 1. The van der Waals surface area contributed by atoms with E-state index in [2.05, 4.69) is 22.9 Å². The minimum atomic E-state index is 0.0612. The van der Waals surface area contributed by atoms with E-state index in [1.54, 1.807) is 6.92 Å². The van der Waals surface area contributed by atoms with Crippen LogP contribution in [0.15, 0.2) is 12.1 Å². The molecule has 0 unspecified atom stereocenters. The molecule has 20 heavy (non-hydrogen) atoms. The molecule has 0 bridgehead atoms. The molecule has 2 rings (SSSR count). The third kappa shape index (κ3) is 3.10. The van der Waals surface area contributed by atoms with E-state index in [1.165, 1.54) is 0 Å². The molecule has 0 aliphatic carbocycles. The maximum absolute atomic E-state index is 11.3. The van der Waals surface area contributed by atoms with Gasteiger partial charge in [-0.05, 0) is 25.0 Å². The fourth-order valence-corrected chi connectivity index (χ4v) is 2.60. The molecule has 5 heteroatoms. The first-order chi connectivity index (χ1) is 9.52. The normalized spacial score (nSPS) is 17.2. The number of pyridine rings is 1. The summed E-state index contributed by atoms with van der Waals surface area (Å²) >= 11 is 0. The number of hydrogen-bond acceptors (Lipinski definition) is 4. The van der Waals surface area contributed by atoms with Crippen molar-refractivity contribution < 1.29 is 4.79 Å². The molecule has 0 radical (unpaired) electrons. The quantitative estimate of drug-likeness (QED) is 0.908. The van der Waals surface area contributed by atoms with Crippen LogP contribution in [0, 0.1) is 6.92 Å². The van der Waals surface area contributed by atoms with Crippen LogP contribution in [0.4, 0.5) is 5.82 Å². The van der Waals surface area contributed by atoms with Crippen molar-refractivity contribution in [1.82, 2.24) is 9.88 Å². The number of nitrogens with two attached hydrogens (primary N) is 1. The second-order valence-electron chi connectivity index (χ2n) is 5.35.